The van der Waals surface area contributed by atoms with E-state index in [1.165, 1.54) is 0 Å². The van der Waals surface area contributed by atoms with E-state index < -0.39 is 0 Å². The van der Waals surface area contributed by atoms with Crippen LogP contribution in [0.4, 0.5) is 5.95 Å². The summed E-state index contributed by atoms with van der Waals surface area (Å²) in [6.45, 7) is 8.86. The summed E-state index contributed by atoms with van der Waals surface area (Å²) >= 11 is 2.21. The Morgan fingerprint density at radius 3 is 2.13 bits per heavy atom. The van der Waals surface area contributed by atoms with Gasteiger partial charge in [0.2, 0.25) is 5.95 Å². The third kappa shape index (κ3) is 3.29. The van der Waals surface area contributed by atoms with Gasteiger partial charge in [0.1, 0.15) is 0 Å². The van der Waals surface area contributed by atoms with E-state index in [9.17, 15) is 0 Å². The minimum absolute atomic E-state index is 0.223. The van der Waals surface area contributed by atoms with Gasteiger partial charge in [-0.3, -0.25) is 0 Å². The predicted octanol–water partition coefficient (Wildman–Crippen LogP) is 2.95. The fourth-order valence-corrected chi connectivity index (χ4v) is 1.52. The van der Waals surface area contributed by atoms with Gasteiger partial charge in [-0.25, -0.2) is 9.97 Å². The molecule has 0 radical (unpaired) electrons. The molecule has 0 spiro atoms. The van der Waals surface area contributed by atoms with Crippen LogP contribution in [0.1, 0.15) is 27.7 Å². The second-order valence-corrected chi connectivity index (χ2v) is 6.10. The number of nitrogens with zero attached hydrogens (tertiary/aromatic N) is 3. The molecule has 0 N–H and O–H groups in total. The van der Waals surface area contributed by atoms with Crippen LogP contribution >= 0.6 is 22.6 Å². The normalized spacial score (nSPS) is 13.7. The molecule has 0 aliphatic rings. The summed E-state index contributed by atoms with van der Waals surface area (Å²) in [6, 6.07) is 0.401. The van der Waals surface area contributed by atoms with E-state index in [1.807, 2.05) is 19.4 Å². The first-order valence-corrected chi connectivity index (χ1v) is 6.10. The van der Waals surface area contributed by atoms with Crippen molar-refractivity contribution >= 4 is 28.5 Å². The molecule has 0 fully saturated rings. The summed E-state index contributed by atoms with van der Waals surface area (Å²) in [7, 11) is 2.04. The second-order valence-electron chi connectivity index (χ2n) is 4.85. The number of anilines is 1. The first kappa shape index (κ1) is 12.7. The summed E-state index contributed by atoms with van der Waals surface area (Å²) in [5, 5.41) is 0. The molecule has 0 bridgehead atoms. The summed E-state index contributed by atoms with van der Waals surface area (Å²) in [5.41, 5.74) is 0.223. The van der Waals surface area contributed by atoms with Gasteiger partial charge in [-0.2, -0.15) is 0 Å². The van der Waals surface area contributed by atoms with Crippen LogP contribution in [0.3, 0.4) is 0 Å². The summed E-state index contributed by atoms with van der Waals surface area (Å²) < 4.78 is 1.06. The van der Waals surface area contributed by atoms with Crippen molar-refractivity contribution in [3.05, 3.63) is 16.0 Å². The van der Waals surface area contributed by atoms with Crippen LogP contribution < -0.4 is 4.90 Å². The molecule has 84 valence electrons. The largest absolute Gasteiger partial charge is 0.341 e. The molecule has 1 rings (SSSR count). The first-order valence-electron chi connectivity index (χ1n) is 5.02. The fourth-order valence-electron chi connectivity index (χ4n) is 1.24. The Morgan fingerprint density at radius 1 is 1.27 bits per heavy atom. The van der Waals surface area contributed by atoms with Gasteiger partial charge < -0.3 is 4.90 Å². The standard InChI is InChI=1S/C11H18IN3/c1-8(11(2,3)4)15(5)10-13-6-9(12)7-14-10/h6-8H,1-5H3. The van der Waals surface area contributed by atoms with Crippen LogP contribution in [0.2, 0.25) is 0 Å². The van der Waals surface area contributed by atoms with Crippen LogP contribution in [-0.2, 0) is 0 Å². The number of halogens is 1. The van der Waals surface area contributed by atoms with Gasteiger partial charge in [-0.05, 0) is 34.9 Å². The maximum absolute atomic E-state index is 4.32. The summed E-state index contributed by atoms with van der Waals surface area (Å²) in [5.74, 6) is 0.790. The van der Waals surface area contributed by atoms with Gasteiger partial charge in [0, 0.05) is 29.1 Å². The van der Waals surface area contributed by atoms with Crippen molar-refractivity contribution < 1.29 is 0 Å². The third-order valence-corrected chi connectivity index (χ3v) is 3.31. The highest BCUT2D eigenvalue weighted by Crippen LogP contribution is 2.25. The molecule has 1 aromatic heterocycles. The molecule has 1 aromatic rings. The lowest BCUT2D eigenvalue weighted by Gasteiger charge is -2.35. The highest BCUT2D eigenvalue weighted by Gasteiger charge is 2.25. The predicted molar refractivity (Wildman–Crippen MR) is 72.1 cm³/mol. The molecule has 1 unspecified atom stereocenters. The highest BCUT2D eigenvalue weighted by atomic mass is 127. The lowest BCUT2D eigenvalue weighted by Crippen LogP contribution is -2.40. The van der Waals surface area contributed by atoms with E-state index in [0.717, 1.165) is 9.52 Å². The van der Waals surface area contributed by atoms with Crippen molar-refractivity contribution in [3.63, 3.8) is 0 Å². The van der Waals surface area contributed by atoms with Crippen LogP contribution in [0.5, 0.6) is 0 Å². The van der Waals surface area contributed by atoms with Gasteiger partial charge in [0.15, 0.2) is 0 Å². The fraction of sp³-hybridized carbons (Fsp3) is 0.636. The Morgan fingerprint density at radius 2 is 1.73 bits per heavy atom. The Balaban J connectivity index is 2.85. The van der Waals surface area contributed by atoms with Gasteiger partial charge in [-0.15, -0.1) is 0 Å². The van der Waals surface area contributed by atoms with Gasteiger partial charge in [0.25, 0.3) is 0 Å². The Hall–Kier alpha value is -0.390. The Kier molecular flexibility index (Phi) is 3.92. The highest BCUT2D eigenvalue weighted by molar-refractivity contribution is 14.1. The molecule has 15 heavy (non-hydrogen) atoms. The van der Waals surface area contributed by atoms with Crippen molar-refractivity contribution in [1.82, 2.24) is 9.97 Å². The number of aromatic nitrogens is 2. The van der Waals surface area contributed by atoms with Crippen molar-refractivity contribution in [2.24, 2.45) is 5.41 Å². The number of hydrogen-bond acceptors (Lipinski definition) is 3. The molecule has 0 aliphatic carbocycles. The molecule has 1 heterocycles. The van der Waals surface area contributed by atoms with Gasteiger partial charge in [-0.1, -0.05) is 20.8 Å². The van der Waals surface area contributed by atoms with E-state index in [1.54, 1.807) is 0 Å². The van der Waals surface area contributed by atoms with Crippen LogP contribution in [0, 0.1) is 8.99 Å². The molecular weight excluding hydrogens is 301 g/mol. The van der Waals surface area contributed by atoms with E-state index in [-0.39, 0.29) is 5.41 Å². The number of hydrogen-bond donors (Lipinski definition) is 0. The lowest BCUT2D eigenvalue weighted by atomic mass is 9.87. The molecule has 4 heteroatoms. The zero-order valence-electron chi connectivity index (χ0n) is 9.95. The average Bonchev–Trinajstić information content (AvgIpc) is 2.15. The van der Waals surface area contributed by atoms with Crippen molar-refractivity contribution in [1.29, 1.82) is 0 Å². The second kappa shape index (κ2) is 4.63. The number of rotatable bonds is 2. The minimum Gasteiger partial charge on any atom is -0.341 e. The zero-order valence-corrected chi connectivity index (χ0v) is 12.1. The van der Waals surface area contributed by atoms with Crippen molar-refractivity contribution in [3.8, 4) is 0 Å². The van der Waals surface area contributed by atoms with E-state index in [4.69, 9.17) is 0 Å². The van der Waals surface area contributed by atoms with E-state index in [0.29, 0.717) is 6.04 Å². The third-order valence-electron chi connectivity index (χ3n) is 2.76. The topological polar surface area (TPSA) is 29.0 Å². The SMILES string of the molecule is CC(N(C)c1ncc(I)cn1)C(C)(C)C. The first-order chi connectivity index (χ1) is 6.82. The smallest absolute Gasteiger partial charge is 0.225 e. The maximum Gasteiger partial charge on any atom is 0.225 e. The van der Waals surface area contributed by atoms with Crippen LogP contribution in [0.15, 0.2) is 12.4 Å². The quantitative estimate of drug-likeness (QED) is 0.785. The molecule has 1 atom stereocenters. The van der Waals surface area contributed by atoms with Crippen molar-refractivity contribution in [2.75, 3.05) is 11.9 Å². The van der Waals surface area contributed by atoms with Crippen LogP contribution in [0.25, 0.3) is 0 Å². The van der Waals surface area contributed by atoms with Crippen LogP contribution in [-0.4, -0.2) is 23.1 Å². The molecule has 0 saturated heterocycles. The zero-order chi connectivity index (χ0) is 11.6. The monoisotopic (exact) mass is 319 g/mol. The Bertz CT molecular complexity index is 316. The molecule has 0 saturated carbocycles. The van der Waals surface area contributed by atoms with E-state index in [2.05, 4.69) is 65.2 Å². The summed E-state index contributed by atoms with van der Waals surface area (Å²) in [6.07, 6.45) is 3.68. The molecule has 0 amide bonds. The average molecular weight is 319 g/mol. The summed E-state index contributed by atoms with van der Waals surface area (Å²) in [4.78, 5) is 10.8. The maximum atomic E-state index is 4.32. The molecule has 0 aromatic carbocycles. The van der Waals surface area contributed by atoms with Gasteiger partial charge in [0.05, 0.1) is 0 Å². The van der Waals surface area contributed by atoms with Gasteiger partial charge >= 0.3 is 0 Å². The van der Waals surface area contributed by atoms with Crippen molar-refractivity contribution in [2.45, 2.75) is 33.7 Å². The minimum atomic E-state index is 0.223. The molecule has 0 aliphatic heterocycles. The van der Waals surface area contributed by atoms with E-state index >= 15 is 0 Å². The molecular formula is C11H18IN3. The Labute approximate surface area is 105 Å². The lowest BCUT2D eigenvalue weighted by molar-refractivity contribution is 0.327. The molecule has 3 nitrogen and oxygen atoms in total.